The van der Waals surface area contributed by atoms with Crippen LogP contribution in [-0.4, -0.2) is 15.6 Å². The first-order valence-electron chi connectivity index (χ1n) is 7.19. The Morgan fingerprint density at radius 1 is 1.29 bits per heavy atom. The van der Waals surface area contributed by atoms with Gasteiger partial charge in [0, 0.05) is 7.05 Å². The standard InChI is InChI=1S/C17H15FN2O4/c1-8-4-5-12(11(18)6-8)19-15-13(17(22)23)14-10(7-9(2)24-14)16(21)20(15)3/h4-7,19H,1-3H3,(H,22,23). The number of benzene rings is 1. The normalized spacial score (nSPS) is 11.0. The van der Waals surface area contributed by atoms with Crippen molar-refractivity contribution in [2.24, 2.45) is 7.05 Å². The van der Waals surface area contributed by atoms with Gasteiger partial charge < -0.3 is 14.8 Å². The zero-order chi connectivity index (χ0) is 17.6. The van der Waals surface area contributed by atoms with Crippen molar-refractivity contribution in [2.75, 3.05) is 5.32 Å². The second-order valence-corrected chi connectivity index (χ2v) is 5.60. The molecule has 2 heterocycles. The number of aromatic carboxylic acids is 1. The van der Waals surface area contributed by atoms with Gasteiger partial charge in [0.2, 0.25) is 0 Å². The van der Waals surface area contributed by atoms with E-state index in [0.717, 1.165) is 10.1 Å². The molecule has 24 heavy (non-hydrogen) atoms. The van der Waals surface area contributed by atoms with E-state index in [4.69, 9.17) is 4.42 Å². The summed E-state index contributed by atoms with van der Waals surface area (Å²) in [6.07, 6.45) is 0. The van der Waals surface area contributed by atoms with E-state index in [9.17, 15) is 19.1 Å². The van der Waals surface area contributed by atoms with Gasteiger partial charge in [0.05, 0.1) is 11.1 Å². The van der Waals surface area contributed by atoms with E-state index in [2.05, 4.69) is 5.32 Å². The minimum atomic E-state index is -1.28. The Hall–Kier alpha value is -3.09. The fraction of sp³-hybridized carbons (Fsp3) is 0.176. The predicted molar refractivity (Wildman–Crippen MR) is 87.6 cm³/mol. The number of rotatable bonds is 3. The highest BCUT2D eigenvalue weighted by Gasteiger charge is 2.24. The summed E-state index contributed by atoms with van der Waals surface area (Å²) in [5, 5.41) is 12.4. The number of carbonyl (C=O) groups is 1. The quantitative estimate of drug-likeness (QED) is 0.769. The van der Waals surface area contributed by atoms with Crippen LogP contribution in [0.3, 0.4) is 0 Å². The zero-order valence-electron chi connectivity index (χ0n) is 13.3. The van der Waals surface area contributed by atoms with Crippen LogP contribution in [0.4, 0.5) is 15.9 Å². The van der Waals surface area contributed by atoms with Gasteiger partial charge in [-0.15, -0.1) is 0 Å². The smallest absolute Gasteiger partial charge is 0.343 e. The van der Waals surface area contributed by atoms with Crippen LogP contribution in [-0.2, 0) is 7.05 Å². The molecule has 1 aromatic carbocycles. The molecule has 0 saturated heterocycles. The minimum absolute atomic E-state index is 0.0295. The average Bonchev–Trinajstić information content (AvgIpc) is 2.88. The van der Waals surface area contributed by atoms with Crippen LogP contribution in [0.1, 0.15) is 21.7 Å². The summed E-state index contributed by atoms with van der Waals surface area (Å²) in [4.78, 5) is 24.2. The summed E-state index contributed by atoms with van der Waals surface area (Å²) in [6.45, 7) is 3.36. The SMILES string of the molecule is Cc1ccc(Nc2c(C(=O)O)c3oc(C)cc3c(=O)n2C)c(F)c1. The molecule has 0 unspecified atom stereocenters. The molecule has 0 bridgehead atoms. The number of aromatic nitrogens is 1. The van der Waals surface area contributed by atoms with Crippen molar-refractivity contribution < 1.29 is 18.7 Å². The first-order valence-corrected chi connectivity index (χ1v) is 7.19. The summed E-state index contributed by atoms with van der Waals surface area (Å²) in [7, 11) is 1.42. The van der Waals surface area contributed by atoms with Crippen molar-refractivity contribution in [3.63, 3.8) is 0 Å². The van der Waals surface area contributed by atoms with E-state index < -0.39 is 17.3 Å². The lowest BCUT2D eigenvalue weighted by molar-refractivity contribution is 0.0698. The number of hydrogen-bond acceptors (Lipinski definition) is 4. The molecule has 2 N–H and O–H groups in total. The van der Waals surface area contributed by atoms with Crippen molar-refractivity contribution in [1.82, 2.24) is 4.57 Å². The molecule has 6 nitrogen and oxygen atoms in total. The van der Waals surface area contributed by atoms with Gasteiger partial charge in [-0.25, -0.2) is 9.18 Å². The summed E-state index contributed by atoms with van der Waals surface area (Å²) in [5.74, 6) is -1.45. The molecular weight excluding hydrogens is 315 g/mol. The third-order valence-corrected chi connectivity index (χ3v) is 3.78. The van der Waals surface area contributed by atoms with Crippen LogP contribution in [0, 0.1) is 19.7 Å². The number of halogens is 1. The molecule has 0 spiro atoms. The van der Waals surface area contributed by atoms with E-state index >= 15 is 0 Å². The maximum Gasteiger partial charge on any atom is 0.343 e. The number of pyridine rings is 1. The van der Waals surface area contributed by atoms with Crippen LogP contribution >= 0.6 is 0 Å². The molecule has 0 atom stereocenters. The highest BCUT2D eigenvalue weighted by atomic mass is 19.1. The topological polar surface area (TPSA) is 84.5 Å². The van der Waals surface area contributed by atoms with Crippen LogP contribution < -0.4 is 10.9 Å². The summed E-state index contributed by atoms with van der Waals surface area (Å²) < 4.78 is 20.6. The van der Waals surface area contributed by atoms with Crippen molar-refractivity contribution >= 4 is 28.4 Å². The third-order valence-electron chi connectivity index (χ3n) is 3.78. The lowest BCUT2D eigenvalue weighted by Crippen LogP contribution is -2.23. The minimum Gasteiger partial charge on any atom is -0.477 e. The van der Waals surface area contributed by atoms with E-state index in [-0.39, 0.29) is 28.0 Å². The fourth-order valence-corrected chi connectivity index (χ4v) is 2.61. The van der Waals surface area contributed by atoms with Crippen molar-refractivity contribution in [2.45, 2.75) is 13.8 Å². The molecule has 3 rings (SSSR count). The van der Waals surface area contributed by atoms with Gasteiger partial charge in [-0.2, -0.15) is 0 Å². The summed E-state index contributed by atoms with van der Waals surface area (Å²) in [6, 6.07) is 5.97. The highest BCUT2D eigenvalue weighted by molar-refractivity contribution is 6.06. The second kappa shape index (κ2) is 5.52. The number of anilines is 2. The van der Waals surface area contributed by atoms with Gasteiger partial charge in [0.25, 0.3) is 5.56 Å². The summed E-state index contributed by atoms with van der Waals surface area (Å²) in [5.41, 5.74) is 0.114. The lowest BCUT2D eigenvalue weighted by Gasteiger charge is -2.15. The van der Waals surface area contributed by atoms with Crippen LogP contribution in [0.5, 0.6) is 0 Å². The number of aryl methyl sites for hydroxylation is 2. The number of nitrogens with zero attached hydrogens (tertiary/aromatic N) is 1. The van der Waals surface area contributed by atoms with E-state index in [0.29, 0.717) is 5.76 Å². The monoisotopic (exact) mass is 330 g/mol. The van der Waals surface area contributed by atoms with Gasteiger partial charge in [0.1, 0.15) is 23.0 Å². The van der Waals surface area contributed by atoms with Crippen molar-refractivity contribution in [3.8, 4) is 0 Å². The molecule has 0 aliphatic heterocycles. The largest absolute Gasteiger partial charge is 0.477 e. The van der Waals surface area contributed by atoms with Crippen LogP contribution in [0.15, 0.2) is 33.5 Å². The van der Waals surface area contributed by atoms with Gasteiger partial charge in [0.15, 0.2) is 5.58 Å². The Bertz CT molecular complexity index is 1030. The van der Waals surface area contributed by atoms with E-state index in [1.54, 1.807) is 19.9 Å². The summed E-state index contributed by atoms with van der Waals surface area (Å²) >= 11 is 0. The molecule has 0 radical (unpaired) electrons. The molecule has 0 aliphatic carbocycles. The Kier molecular flexibility index (Phi) is 3.63. The number of hydrogen-bond donors (Lipinski definition) is 2. The molecule has 7 heteroatoms. The molecule has 0 fully saturated rings. The highest BCUT2D eigenvalue weighted by Crippen LogP contribution is 2.29. The van der Waals surface area contributed by atoms with Crippen molar-refractivity contribution in [3.05, 3.63) is 57.3 Å². The number of fused-ring (bicyclic) bond motifs is 1. The van der Waals surface area contributed by atoms with Gasteiger partial charge in [-0.3, -0.25) is 9.36 Å². The predicted octanol–water partition coefficient (Wildman–Crippen LogP) is 3.33. The average molecular weight is 330 g/mol. The zero-order valence-corrected chi connectivity index (χ0v) is 13.3. The number of carboxylic acids is 1. The fourth-order valence-electron chi connectivity index (χ4n) is 2.61. The number of furan rings is 1. The first-order chi connectivity index (χ1) is 11.3. The van der Waals surface area contributed by atoms with Crippen molar-refractivity contribution in [1.29, 1.82) is 0 Å². The lowest BCUT2D eigenvalue weighted by atomic mass is 10.1. The molecule has 0 amide bonds. The van der Waals surface area contributed by atoms with Gasteiger partial charge in [-0.05, 0) is 37.6 Å². The molecule has 2 aromatic heterocycles. The maximum absolute atomic E-state index is 14.1. The Morgan fingerprint density at radius 3 is 2.62 bits per heavy atom. The Balaban J connectivity index is 2.30. The first kappa shape index (κ1) is 15.8. The van der Waals surface area contributed by atoms with Crippen LogP contribution in [0.25, 0.3) is 11.0 Å². The van der Waals surface area contributed by atoms with Gasteiger partial charge >= 0.3 is 5.97 Å². The maximum atomic E-state index is 14.1. The van der Waals surface area contributed by atoms with E-state index in [1.165, 1.54) is 25.2 Å². The van der Waals surface area contributed by atoms with E-state index in [1.807, 2.05) is 0 Å². The third kappa shape index (κ3) is 2.44. The Morgan fingerprint density at radius 2 is 2.00 bits per heavy atom. The molecule has 0 saturated carbocycles. The molecule has 3 aromatic rings. The molecule has 0 aliphatic rings. The van der Waals surface area contributed by atoms with Crippen LogP contribution in [0.2, 0.25) is 0 Å². The number of nitrogens with one attached hydrogen (secondary N) is 1. The number of carboxylic acid groups (broad SMARTS) is 1. The molecule has 124 valence electrons. The van der Waals surface area contributed by atoms with Gasteiger partial charge in [-0.1, -0.05) is 6.07 Å². The second-order valence-electron chi connectivity index (χ2n) is 5.60. The Labute approximate surface area is 136 Å². The molecular formula is C17H15FN2O4.